The Labute approximate surface area is 212 Å². The Morgan fingerprint density at radius 3 is 1.78 bits per heavy atom. The Morgan fingerprint density at radius 1 is 0.611 bits per heavy atom. The van der Waals surface area contributed by atoms with Gasteiger partial charge in [0.2, 0.25) is 0 Å². The van der Waals surface area contributed by atoms with Gasteiger partial charge in [0, 0.05) is 32.0 Å². The lowest BCUT2D eigenvalue weighted by molar-refractivity contribution is 0.242. The number of benzene rings is 4. The van der Waals surface area contributed by atoms with Crippen molar-refractivity contribution in [2.45, 2.75) is 45.8 Å². The van der Waals surface area contributed by atoms with Crippen LogP contribution in [0, 0.1) is 0 Å². The minimum absolute atomic E-state index is 0.118. The fourth-order valence-corrected chi connectivity index (χ4v) is 5.30. The van der Waals surface area contributed by atoms with Crippen LogP contribution in [0.25, 0.3) is 32.3 Å². The van der Waals surface area contributed by atoms with E-state index in [4.69, 9.17) is 0 Å². The summed E-state index contributed by atoms with van der Waals surface area (Å²) in [5.41, 5.74) is 4.98. The fourth-order valence-electron chi connectivity index (χ4n) is 5.30. The third-order valence-electron chi connectivity index (χ3n) is 7.17. The highest BCUT2D eigenvalue weighted by Crippen LogP contribution is 2.39. The van der Waals surface area contributed by atoms with Gasteiger partial charge in [0.15, 0.2) is 0 Å². The molecule has 2 aromatic heterocycles. The van der Waals surface area contributed by atoms with Crippen molar-refractivity contribution in [3.8, 4) is 0 Å². The summed E-state index contributed by atoms with van der Waals surface area (Å²) in [7, 11) is 0. The summed E-state index contributed by atoms with van der Waals surface area (Å²) in [6.45, 7) is 9.23. The molecule has 0 radical (unpaired) electrons. The van der Waals surface area contributed by atoms with Crippen molar-refractivity contribution in [1.82, 2.24) is 14.9 Å². The maximum Gasteiger partial charge on any atom is 0.0544 e. The molecule has 0 fully saturated rings. The van der Waals surface area contributed by atoms with E-state index in [1.54, 1.807) is 0 Å². The van der Waals surface area contributed by atoms with E-state index in [0.29, 0.717) is 0 Å². The molecule has 0 saturated carbocycles. The first-order chi connectivity index (χ1) is 17.5. The van der Waals surface area contributed by atoms with Gasteiger partial charge in [-0.05, 0) is 73.1 Å². The average molecular weight is 470 g/mol. The molecular weight excluding hydrogens is 438 g/mol. The largest absolute Gasteiger partial charge is 0.287 e. The van der Waals surface area contributed by atoms with Crippen LogP contribution < -0.4 is 0 Å². The third kappa shape index (κ3) is 4.31. The van der Waals surface area contributed by atoms with Crippen molar-refractivity contribution in [2.24, 2.45) is 0 Å². The van der Waals surface area contributed by atoms with Gasteiger partial charge in [-0.25, -0.2) is 0 Å². The molecule has 6 rings (SSSR count). The van der Waals surface area contributed by atoms with Crippen LogP contribution in [0.15, 0.2) is 97.3 Å². The molecule has 0 aliphatic carbocycles. The number of pyridine rings is 2. The van der Waals surface area contributed by atoms with Crippen LogP contribution in [0.5, 0.6) is 0 Å². The van der Waals surface area contributed by atoms with Gasteiger partial charge in [0.25, 0.3) is 0 Å². The maximum atomic E-state index is 4.60. The van der Waals surface area contributed by atoms with E-state index in [1.165, 1.54) is 43.4 Å². The van der Waals surface area contributed by atoms with Gasteiger partial charge < -0.3 is 0 Å². The van der Waals surface area contributed by atoms with E-state index in [1.807, 2.05) is 24.5 Å². The van der Waals surface area contributed by atoms with Crippen molar-refractivity contribution >= 4 is 32.3 Å². The standard InChI is InChI=1S/C33H31N3/c1-33(2,3)27-18-24-12-10-23-11-13-26(30-15-14-25(19-27)31(24)32(23)30)20-36(21-28-8-4-6-16-34-28)22-29-9-5-7-17-35-29/h4-19H,20-22H2,1-3H3. The summed E-state index contributed by atoms with van der Waals surface area (Å²) in [4.78, 5) is 11.6. The number of nitrogens with zero attached hydrogens (tertiary/aromatic N) is 3. The molecule has 0 atom stereocenters. The molecule has 0 spiro atoms. The number of rotatable bonds is 6. The highest BCUT2D eigenvalue weighted by molar-refractivity contribution is 6.23. The summed E-state index contributed by atoms with van der Waals surface area (Å²) in [5.74, 6) is 0. The molecule has 3 heteroatoms. The zero-order chi connectivity index (χ0) is 24.7. The summed E-state index contributed by atoms with van der Waals surface area (Å²) in [5, 5.41) is 8.04. The van der Waals surface area contributed by atoms with Crippen LogP contribution in [0.1, 0.15) is 43.3 Å². The molecule has 0 aliphatic heterocycles. The maximum absolute atomic E-state index is 4.60. The molecule has 0 amide bonds. The Hall–Kier alpha value is -3.82. The highest BCUT2D eigenvalue weighted by atomic mass is 15.1. The molecule has 178 valence electrons. The minimum Gasteiger partial charge on any atom is -0.287 e. The number of hydrogen-bond acceptors (Lipinski definition) is 3. The van der Waals surface area contributed by atoms with Crippen LogP contribution in [0.2, 0.25) is 0 Å². The molecule has 0 N–H and O–H groups in total. The second kappa shape index (κ2) is 9.00. The van der Waals surface area contributed by atoms with Crippen LogP contribution in [-0.4, -0.2) is 14.9 Å². The minimum atomic E-state index is 0.118. The molecule has 0 aliphatic rings. The van der Waals surface area contributed by atoms with Gasteiger partial charge in [0.1, 0.15) is 0 Å². The van der Waals surface area contributed by atoms with Crippen molar-refractivity contribution in [3.05, 3.63) is 120 Å². The lowest BCUT2D eigenvalue weighted by Gasteiger charge is -2.24. The first-order valence-corrected chi connectivity index (χ1v) is 12.7. The van der Waals surface area contributed by atoms with Gasteiger partial charge in [-0.2, -0.15) is 0 Å². The van der Waals surface area contributed by atoms with Crippen LogP contribution >= 0.6 is 0 Å². The van der Waals surface area contributed by atoms with Gasteiger partial charge >= 0.3 is 0 Å². The highest BCUT2D eigenvalue weighted by Gasteiger charge is 2.18. The fraction of sp³-hybridized carbons (Fsp3) is 0.212. The molecule has 0 unspecified atom stereocenters. The third-order valence-corrected chi connectivity index (χ3v) is 7.17. The Bertz CT molecular complexity index is 1570. The molecule has 2 heterocycles. The van der Waals surface area contributed by atoms with Gasteiger partial charge in [-0.1, -0.05) is 81.4 Å². The Kier molecular flexibility index (Phi) is 5.66. The number of hydrogen-bond donors (Lipinski definition) is 0. The van der Waals surface area contributed by atoms with Crippen molar-refractivity contribution < 1.29 is 0 Å². The molecule has 3 nitrogen and oxygen atoms in total. The van der Waals surface area contributed by atoms with E-state index in [2.05, 4.69) is 108 Å². The van der Waals surface area contributed by atoms with E-state index < -0.39 is 0 Å². The van der Waals surface area contributed by atoms with Crippen LogP contribution in [0.4, 0.5) is 0 Å². The molecule has 6 aromatic rings. The van der Waals surface area contributed by atoms with Crippen molar-refractivity contribution in [2.75, 3.05) is 0 Å². The second-order valence-electron chi connectivity index (χ2n) is 10.8. The molecule has 0 bridgehead atoms. The summed E-state index contributed by atoms with van der Waals surface area (Å²) >= 11 is 0. The second-order valence-corrected chi connectivity index (χ2v) is 10.8. The van der Waals surface area contributed by atoms with Gasteiger partial charge in [0.05, 0.1) is 11.4 Å². The van der Waals surface area contributed by atoms with Crippen LogP contribution in [-0.2, 0) is 25.0 Å². The van der Waals surface area contributed by atoms with Crippen molar-refractivity contribution in [1.29, 1.82) is 0 Å². The topological polar surface area (TPSA) is 29.0 Å². The molecular formula is C33H31N3. The zero-order valence-corrected chi connectivity index (χ0v) is 21.2. The average Bonchev–Trinajstić information content (AvgIpc) is 2.88. The van der Waals surface area contributed by atoms with Crippen LogP contribution in [0.3, 0.4) is 0 Å². The SMILES string of the molecule is CC(C)(C)c1cc2ccc3ccc(CN(Cc4ccccn4)Cc4ccccn4)c4ccc(c1)c2c34. The summed E-state index contributed by atoms with van der Waals surface area (Å²) < 4.78 is 0. The Morgan fingerprint density at radius 2 is 1.19 bits per heavy atom. The normalized spacial score (nSPS) is 12.3. The molecule has 4 aromatic carbocycles. The lowest BCUT2D eigenvalue weighted by Crippen LogP contribution is -2.23. The predicted octanol–water partition coefficient (Wildman–Crippen LogP) is 7.87. The number of aromatic nitrogens is 2. The first kappa shape index (κ1) is 22.6. The van der Waals surface area contributed by atoms with Crippen molar-refractivity contribution in [3.63, 3.8) is 0 Å². The first-order valence-electron chi connectivity index (χ1n) is 12.7. The quantitative estimate of drug-likeness (QED) is 0.232. The molecule has 0 saturated heterocycles. The summed E-state index contributed by atoms with van der Waals surface area (Å²) in [6, 6.07) is 30.8. The molecule has 36 heavy (non-hydrogen) atoms. The summed E-state index contributed by atoms with van der Waals surface area (Å²) in [6.07, 6.45) is 3.74. The van der Waals surface area contributed by atoms with E-state index in [0.717, 1.165) is 31.0 Å². The Balaban J connectivity index is 1.45. The zero-order valence-electron chi connectivity index (χ0n) is 21.2. The van der Waals surface area contributed by atoms with Gasteiger partial charge in [-0.3, -0.25) is 14.9 Å². The van der Waals surface area contributed by atoms with E-state index in [-0.39, 0.29) is 5.41 Å². The smallest absolute Gasteiger partial charge is 0.0544 e. The van der Waals surface area contributed by atoms with E-state index >= 15 is 0 Å². The predicted molar refractivity (Wildman–Crippen MR) is 150 cm³/mol. The van der Waals surface area contributed by atoms with Gasteiger partial charge in [-0.15, -0.1) is 0 Å². The monoisotopic (exact) mass is 469 g/mol. The lowest BCUT2D eigenvalue weighted by atomic mass is 9.83. The van der Waals surface area contributed by atoms with E-state index in [9.17, 15) is 0 Å².